The lowest BCUT2D eigenvalue weighted by Crippen LogP contribution is -2.42. The first kappa shape index (κ1) is 12.2. The fourth-order valence-corrected chi connectivity index (χ4v) is 4.02. The zero-order chi connectivity index (χ0) is 12.8. The maximum Gasteiger partial charge on any atom is 0.308 e. The van der Waals surface area contributed by atoms with Gasteiger partial charge in [0.2, 0.25) is 0 Å². The van der Waals surface area contributed by atoms with Gasteiger partial charge in [-0.15, -0.1) is 0 Å². The third-order valence-corrected chi connectivity index (χ3v) is 4.92. The van der Waals surface area contributed by atoms with Gasteiger partial charge in [0, 0.05) is 23.0 Å². The minimum atomic E-state index is -0.671. The van der Waals surface area contributed by atoms with E-state index in [9.17, 15) is 9.90 Å². The third-order valence-electron chi connectivity index (χ3n) is 4.43. The van der Waals surface area contributed by atoms with E-state index in [1.807, 2.05) is 6.07 Å². The van der Waals surface area contributed by atoms with Gasteiger partial charge in [0.05, 0.1) is 5.92 Å². The predicted molar refractivity (Wildman–Crippen MR) is 72.8 cm³/mol. The molecule has 2 aliphatic rings. The summed E-state index contributed by atoms with van der Waals surface area (Å²) < 4.78 is 1.08. The fraction of sp³-hybridized carbons (Fsp3) is 0.500. The monoisotopic (exact) mass is 309 g/mol. The molecule has 18 heavy (non-hydrogen) atoms. The van der Waals surface area contributed by atoms with Crippen LogP contribution in [-0.4, -0.2) is 24.2 Å². The molecule has 1 aromatic rings. The van der Waals surface area contributed by atoms with Crippen molar-refractivity contribution in [1.82, 2.24) is 5.32 Å². The van der Waals surface area contributed by atoms with Crippen molar-refractivity contribution in [2.24, 2.45) is 5.92 Å². The van der Waals surface area contributed by atoms with Crippen LogP contribution in [0, 0.1) is 5.92 Å². The number of fused-ring (bicyclic) bond motifs is 2. The van der Waals surface area contributed by atoms with Crippen LogP contribution in [0.2, 0.25) is 0 Å². The highest BCUT2D eigenvalue weighted by atomic mass is 79.9. The maximum absolute atomic E-state index is 11.5. The molecule has 0 radical (unpaired) electrons. The molecule has 1 fully saturated rings. The van der Waals surface area contributed by atoms with Crippen molar-refractivity contribution in [2.75, 3.05) is 13.1 Å². The molecular weight excluding hydrogens is 294 g/mol. The van der Waals surface area contributed by atoms with Crippen LogP contribution in [0.1, 0.15) is 24.0 Å². The predicted octanol–water partition coefficient (Wildman–Crippen LogP) is 2.33. The van der Waals surface area contributed by atoms with Crippen LogP contribution >= 0.6 is 15.9 Å². The number of carbonyl (C=O) groups is 1. The van der Waals surface area contributed by atoms with Gasteiger partial charge in [0.15, 0.2) is 0 Å². The first-order chi connectivity index (χ1) is 8.63. The van der Waals surface area contributed by atoms with Gasteiger partial charge < -0.3 is 10.4 Å². The summed E-state index contributed by atoms with van der Waals surface area (Å²) in [5.41, 5.74) is 2.36. The molecule has 0 bridgehead atoms. The lowest BCUT2D eigenvalue weighted by atomic mass is 9.64. The molecule has 2 N–H and O–H groups in total. The average molecular weight is 310 g/mol. The Morgan fingerprint density at radius 3 is 3.11 bits per heavy atom. The van der Waals surface area contributed by atoms with Gasteiger partial charge in [-0.1, -0.05) is 22.0 Å². The highest BCUT2D eigenvalue weighted by Crippen LogP contribution is 2.45. The molecule has 1 heterocycles. The molecule has 3 rings (SSSR count). The maximum atomic E-state index is 11.5. The zero-order valence-corrected chi connectivity index (χ0v) is 11.7. The number of halogens is 1. The summed E-state index contributed by atoms with van der Waals surface area (Å²) in [7, 11) is 0. The van der Waals surface area contributed by atoms with Gasteiger partial charge in [0.25, 0.3) is 0 Å². The smallest absolute Gasteiger partial charge is 0.308 e. The summed E-state index contributed by atoms with van der Waals surface area (Å²) in [6.07, 6.45) is 3.11. The number of aliphatic carboxylic acids is 1. The van der Waals surface area contributed by atoms with E-state index in [4.69, 9.17) is 0 Å². The van der Waals surface area contributed by atoms with Gasteiger partial charge >= 0.3 is 5.97 Å². The Bertz CT molecular complexity index is 503. The molecule has 1 aromatic carbocycles. The average Bonchev–Trinajstić information content (AvgIpc) is 2.73. The zero-order valence-electron chi connectivity index (χ0n) is 10.1. The van der Waals surface area contributed by atoms with Crippen LogP contribution in [0.3, 0.4) is 0 Å². The first-order valence-electron chi connectivity index (χ1n) is 6.36. The van der Waals surface area contributed by atoms with E-state index in [1.54, 1.807) is 0 Å². The normalized spacial score (nSPS) is 30.4. The minimum Gasteiger partial charge on any atom is -0.481 e. The van der Waals surface area contributed by atoms with Crippen molar-refractivity contribution in [3.8, 4) is 0 Å². The number of nitrogens with one attached hydrogen (secondary N) is 1. The van der Waals surface area contributed by atoms with Crippen LogP contribution in [0.5, 0.6) is 0 Å². The second-order valence-corrected chi connectivity index (χ2v) is 6.25. The third kappa shape index (κ3) is 1.70. The summed E-state index contributed by atoms with van der Waals surface area (Å²) in [5.74, 6) is -0.964. The van der Waals surface area contributed by atoms with Crippen molar-refractivity contribution >= 4 is 21.9 Å². The van der Waals surface area contributed by atoms with Gasteiger partial charge in [0.1, 0.15) is 0 Å². The largest absolute Gasteiger partial charge is 0.481 e. The van der Waals surface area contributed by atoms with Crippen molar-refractivity contribution in [2.45, 2.75) is 24.7 Å². The van der Waals surface area contributed by atoms with Crippen LogP contribution in [-0.2, 0) is 16.6 Å². The summed E-state index contributed by atoms with van der Waals surface area (Å²) in [6, 6.07) is 6.29. The Labute approximate surface area is 115 Å². The minimum absolute atomic E-state index is 0.194. The van der Waals surface area contributed by atoms with Gasteiger partial charge in [-0.25, -0.2) is 0 Å². The van der Waals surface area contributed by atoms with Crippen molar-refractivity contribution in [1.29, 1.82) is 0 Å². The number of carboxylic acids is 1. The van der Waals surface area contributed by atoms with Gasteiger partial charge in [-0.3, -0.25) is 4.79 Å². The number of hydrogen-bond donors (Lipinski definition) is 2. The molecule has 1 saturated heterocycles. The summed E-state index contributed by atoms with van der Waals surface area (Å²) in [5, 5.41) is 12.7. The molecule has 1 aliphatic heterocycles. The lowest BCUT2D eigenvalue weighted by Gasteiger charge is -2.38. The number of aryl methyl sites for hydroxylation is 1. The lowest BCUT2D eigenvalue weighted by molar-refractivity contribution is -0.143. The van der Waals surface area contributed by atoms with Gasteiger partial charge in [-0.2, -0.15) is 0 Å². The van der Waals surface area contributed by atoms with E-state index in [1.165, 1.54) is 11.1 Å². The van der Waals surface area contributed by atoms with Crippen LogP contribution in [0.4, 0.5) is 0 Å². The van der Waals surface area contributed by atoms with E-state index < -0.39 is 5.97 Å². The first-order valence-corrected chi connectivity index (χ1v) is 7.15. The Morgan fingerprint density at radius 2 is 2.33 bits per heavy atom. The molecular formula is C14H16BrNO2. The second kappa shape index (κ2) is 4.35. The summed E-state index contributed by atoms with van der Waals surface area (Å²) in [4.78, 5) is 11.5. The quantitative estimate of drug-likeness (QED) is 0.837. The van der Waals surface area contributed by atoms with E-state index in [2.05, 4.69) is 33.4 Å². The molecule has 0 unspecified atom stereocenters. The van der Waals surface area contributed by atoms with E-state index in [-0.39, 0.29) is 11.3 Å². The summed E-state index contributed by atoms with van der Waals surface area (Å²) >= 11 is 3.50. The number of hydrogen-bond acceptors (Lipinski definition) is 2. The Hall–Kier alpha value is -0.870. The SMILES string of the molecule is O=C(O)[C@@H]1CNC[C@]12CCCc1cc(Br)ccc12. The van der Waals surface area contributed by atoms with E-state index in [0.717, 1.165) is 30.3 Å². The Kier molecular flexibility index (Phi) is 2.94. The molecule has 0 amide bonds. The van der Waals surface area contributed by atoms with Crippen LogP contribution in [0.15, 0.2) is 22.7 Å². The highest BCUT2D eigenvalue weighted by molar-refractivity contribution is 9.10. The van der Waals surface area contributed by atoms with Gasteiger partial charge in [-0.05, 0) is 42.5 Å². The number of benzene rings is 1. The Balaban J connectivity index is 2.12. The molecule has 4 heteroatoms. The molecule has 96 valence electrons. The molecule has 3 nitrogen and oxygen atoms in total. The van der Waals surface area contributed by atoms with Crippen molar-refractivity contribution in [3.05, 3.63) is 33.8 Å². The molecule has 0 saturated carbocycles. The molecule has 2 atom stereocenters. The molecule has 0 aromatic heterocycles. The standard InChI is InChI=1S/C14H16BrNO2/c15-10-3-4-11-9(6-10)2-1-5-14(11)8-16-7-12(14)13(17)18/h3-4,6,12,16H,1-2,5,7-8H2,(H,17,18)/t12-,14-/m0/s1. The number of rotatable bonds is 1. The van der Waals surface area contributed by atoms with Crippen LogP contribution < -0.4 is 5.32 Å². The van der Waals surface area contributed by atoms with E-state index >= 15 is 0 Å². The second-order valence-electron chi connectivity index (χ2n) is 5.33. The topological polar surface area (TPSA) is 49.3 Å². The van der Waals surface area contributed by atoms with Crippen molar-refractivity contribution in [3.63, 3.8) is 0 Å². The highest BCUT2D eigenvalue weighted by Gasteiger charge is 2.49. The molecule has 1 aliphatic carbocycles. The van der Waals surface area contributed by atoms with Crippen molar-refractivity contribution < 1.29 is 9.90 Å². The van der Waals surface area contributed by atoms with Crippen LogP contribution in [0.25, 0.3) is 0 Å². The fourth-order valence-electron chi connectivity index (χ4n) is 3.61. The summed E-state index contributed by atoms with van der Waals surface area (Å²) in [6.45, 7) is 1.38. The Morgan fingerprint density at radius 1 is 1.50 bits per heavy atom. The molecule has 1 spiro atoms. The van der Waals surface area contributed by atoms with E-state index in [0.29, 0.717) is 6.54 Å². The number of carboxylic acid groups (broad SMARTS) is 1.